The molecule has 120 valence electrons. The number of hydrogen-bond donors (Lipinski definition) is 0. The quantitative estimate of drug-likeness (QED) is 0.693. The standard InChI is InChI=1S/C14H12F2N4O3/c1-21-11-6-9(2-3-10(11)23-14(15)16)8-22-13-7-17-19-12-4-5-18-20(12)13/h2-7,14H,8H2,1H3. The molecule has 2 heterocycles. The summed E-state index contributed by atoms with van der Waals surface area (Å²) in [5.41, 5.74) is 1.27. The van der Waals surface area contributed by atoms with Crippen LogP contribution in [0.25, 0.3) is 5.65 Å². The SMILES string of the molecule is COc1cc(COc2cnnc3ccnn23)ccc1OC(F)F. The summed E-state index contributed by atoms with van der Waals surface area (Å²) in [4.78, 5) is 0. The van der Waals surface area contributed by atoms with Crippen LogP contribution in [0.3, 0.4) is 0 Å². The van der Waals surface area contributed by atoms with E-state index in [4.69, 9.17) is 9.47 Å². The summed E-state index contributed by atoms with van der Waals surface area (Å²) in [5, 5.41) is 11.8. The second kappa shape index (κ2) is 6.42. The summed E-state index contributed by atoms with van der Waals surface area (Å²) in [7, 11) is 1.37. The van der Waals surface area contributed by atoms with Crippen LogP contribution in [0, 0.1) is 0 Å². The van der Waals surface area contributed by atoms with Crippen molar-refractivity contribution in [3.05, 3.63) is 42.2 Å². The van der Waals surface area contributed by atoms with E-state index in [0.29, 0.717) is 17.1 Å². The van der Waals surface area contributed by atoms with Gasteiger partial charge in [0, 0.05) is 6.07 Å². The second-order valence-electron chi connectivity index (χ2n) is 4.44. The summed E-state index contributed by atoms with van der Waals surface area (Å²) in [6, 6.07) is 6.26. The third kappa shape index (κ3) is 3.28. The third-order valence-corrected chi connectivity index (χ3v) is 2.99. The molecule has 3 rings (SSSR count). The number of fused-ring (bicyclic) bond motifs is 1. The lowest BCUT2D eigenvalue weighted by Gasteiger charge is -2.12. The predicted octanol–water partition coefficient (Wildman–Crippen LogP) is 2.31. The fraction of sp³-hybridized carbons (Fsp3) is 0.214. The van der Waals surface area contributed by atoms with Crippen molar-refractivity contribution in [2.45, 2.75) is 13.2 Å². The number of ether oxygens (including phenoxy) is 3. The summed E-state index contributed by atoms with van der Waals surface area (Å²) in [5.74, 6) is 0.571. The number of alkyl halides is 2. The number of hydrogen-bond acceptors (Lipinski definition) is 6. The number of methoxy groups -OCH3 is 1. The second-order valence-corrected chi connectivity index (χ2v) is 4.44. The Morgan fingerprint density at radius 3 is 2.87 bits per heavy atom. The Hall–Kier alpha value is -2.97. The molecule has 7 nitrogen and oxygen atoms in total. The fourth-order valence-corrected chi connectivity index (χ4v) is 1.98. The highest BCUT2D eigenvalue weighted by atomic mass is 19.3. The molecule has 0 atom stereocenters. The number of nitrogens with zero attached hydrogens (tertiary/aromatic N) is 4. The topological polar surface area (TPSA) is 70.8 Å². The minimum Gasteiger partial charge on any atom is -0.493 e. The van der Waals surface area contributed by atoms with E-state index in [1.165, 1.54) is 23.9 Å². The maximum absolute atomic E-state index is 12.3. The zero-order valence-corrected chi connectivity index (χ0v) is 12.0. The molecule has 3 aromatic rings. The molecule has 0 aliphatic heterocycles. The van der Waals surface area contributed by atoms with Crippen LogP contribution in [0.2, 0.25) is 0 Å². The number of aromatic nitrogens is 4. The Labute approximate surface area is 129 Å². The van der Waals surface area contributed by atoms with Crippen LogP contribution in [0.1, 0.15) is 5.56 Å². The Morgan fingerprint density at radius 1 is 1.22 bits per heavy atom. The molecular weight excluding hydrogens is 310 g/mol. The van der Waals surface area contributed by atoms with Gasteiger partial charge in [0.15, 0.2) is 17.1 Å². The van der Waals surface area contributed by atoms with Gasteiger partial charge in [0.2, 0.25) is 5.88 Å². The van der Waals surface area contributed by atoms with Gasteiger partial charge < -0.3 is 14.2 Å². The Bertz CT molecular complexity index is 810. The molecule has 0 radical (unpaired) electrons. The molecule has 2 aromatic heterocycles. The molecule has 0 saturated carbocycles. The summed E-state index contributed by atoms with van der Waals surface area (Å²) < 4.78 is 41.1. The highest BCUT2D eigenvalue weighted by Gasteiger charge is 2.12. The molecule has 0 saturated heterocycles. The Balaban J connectivity index is 1.76. The first-order chi connectivity index (χ1) is 11.2. The molecule has 0 unspecified atom stereocenters. The van der Waals surface area contributed by atoms with E-state index in [-0.39, 0.29) is 18.1 Å². The maximum atomic E-state index is 12.3. The molecule has 0 bridgehead atoms. The predicted molar refractivity (Wildman–Crippen MR) is 74.7 cm³/mol. The molecular formula is C14H12F2N4O3. The minimum atomic E-state index is -2.91. The van der Waals surface area contributed by atoms with Crippen LogP contribution in [0.5, 0.6) is 17.4 Å². The van der Waals surface area contributed by atoms with Crippen molar-refractivity contribution >= 4 is 5.65 Å². The van der Waals surface area contributed by atoms with E-state index < -0.39 is 6.61 Å². The van der Waals surface area contributed by atoms with Crippen molar-refractivity contribution in [2.75, 3.05) is 7.11 Å². The van der Waals surface area contributed by atoms with Crippen molar-refractivity contribution in [3.63, 3.8) is 0 Å². The van der Waals surface area contributed by atoms with Gasteiger partial charge >= 0.3 is 6.61 Å². The molecule has 0 N–H and O–H groups in total. The number of benzene rings is 1. The Morgan fingerprint density at radius 2 is 2.09 bits per heavy atom. The van der Waals surface area contributed by atoms with Gasteiger partial charge in [-0.25, -0.2) is 0 Å². The molecule has 0 amide bonds. The van der Waals surface area contributed by atoms with Crippen LogP contribution in [-0.4, -0.2) is 33.5 Å². The van der Waals surface area contributed by atoms with Gasteiger partial charge in [0.1, 0.15) is 12.8 Å². The van der Waals surface area contributed by atoms with Gasteiger partial charge in [-0.2, -0.15) is 23.5 Å². The first-order valence-electron chi connectivity index (χ1n) is 6.57. The number of halogens is 2. The highest BCUT2D eigenvalue weighted by Crippen LogP contribution is 2.29. The molecule has 1 aromatic carbocycles. The van der Waals surface area contributed by atoms with E-state index in [1.54, 1.807) is 24.4 Å². The van der Waals surface area contributed by atoms with Crippen LogP contribution >= 0.6 is 0 Å². The number of rotatable bonds is 6. The van der Waals surface area contributed by atoms with Crippen molar-refractivity contribution in [1.82, 2.24) is 19.8 Å². The minimum absolute atomic E-state index is 0.0358. The average molecular weight is 322 g/mol. The fourth-order valence-electron chi connectivity index (χ4n) is 1.98. The summed E-state index contributed by atoms with van der Waals surface area (Å²) >= 11 is 0. The van der Waals surface area contributed by atoms with E-state index in [1.807, 2.05) is 0 Å². The molecule has 23 heavy (non-hydrogen) atoms. The largest absolute Gasteiger partial charge is 0.493 e. The molecule has 0 aliphatic carbocycles. The highest BCUT2D eigenvalue weighted by molar-refractivity contribution is 5.43. The van der Waals surface area contributed by atoms with E-state index in [0.717, 1.165) is 0 Å². The molecule has 0 aliphatic rings. The maximum Gasteiger partial charge on any atom is 0.387 e. The van der Waals surface area contributed by atoms with E-state index >= 15 is 0 Å². The summed E-state index contributed by atoms with van der Waals surface area (Å²) in [6.45, 7) is -2.74. The van der Waals surface area contributed by atoms with Crippen molar-refractivity contribution in [3.8, 4) is 17.4 Å². The lowest BCUT2D eigenvalue weighted by molar-refractivity contribution is -0.0512. The van der Waals surface area contributed by atoms with Crippen LogP contribution in [0.4, 0.5) is 8.78 Å². The molecule has 9 heteroatoms. The van der Waals surface area contributed by atoms with Crippen LogP contribution in [0.15, 0.2) is 36.7 Å². The van der Waals surface area contributed by atoms with Crippen molar-refractivity contribution in [2.24, 2.45) is 0 Å². The van der Waals surface area contributed by atoms with E-state index in [9.17, 15) is 8.78 Å². The van der Waals surface area contributed by atoms with Gasteiger partial charge in [-0.15, -0.1) is 5.10 Å². The van der Waals surface area contributed by atoms with Gasteiger partial charge in [0.05, 0.1) is 13.3 Å². The normalized spacial score (nSPS) is 11.0. The van der Waals surface area contributed by atoms with Crippen LogP contribution in [-0.2, 0) is 6.61 Å². The van der Waals surface area contributed by atoms with Gasteiger partial charge in [-0.05, 0) is 17.7 Å². The first-order valence-corrected chi connectivity index (χ1v) is 6.57. The lowest BCUT2D eigenvalue weighted by Crippen LogP contribution is -2.05. The Kier molecular flexibility index (Phi) is 4.18. The molecule has 0 fully saturated rings. The third-order valence-electron chi connectivity index (χ3n) is 2.99. The van der Waals surface area contributed by atoms with Gasteiger partial charge in [0.25, 0.3) is 0 Å². The van der Waals surface area contributed by atoms with Gasteiger partial charge in [-0.1, -0.05) is 6.07 Å². The van der Waals surface area contributed by atoms with Crippen LogP contribution < -0.4 is 14.2 Å². The van der Waals surface area contributed by atoms with E-state index in [2.05, 4.69) is 20.0 Å². The molecule has 0 spiro atoms. The van der Waals surface area contributed by atoms with Crippen molar-refractivity contribution < 1.29 is 23.0 Å². The summed E-state index contributed by atoms with van der Waals surface area (Å²) in [6.07, 6.45) is 3.02. The van der Waals surface area contributed by atoms with Crippen molar-refractivity contribution in [1.29, 1.82) is 0 Å². The smallest absolute Gasteiger partial charge is 0.387 e. The van der Waals surface area contributed by atoms with Gasteiger partial charge in [-0.3, -0.25) is 0 Å². The monoisotopic (exact) mass is 322 g/mol. The first kappa shape index (κ1) is 14.9. The average Bonchev–Trinajstić information content (AvgIpc) is 3.02. The lowest BCUT2D eigenvalue weighted by atomic mass is 10.2. The zero-order chi connectivity index (χ0) is 16.2. The zero-order valence-electron chi connectivity index (χ0n) is 12.0.